The summed E-state index contributed by atoms with van der Waals surface area (Å²) in [6.07, 6.45) is -0.365. The highest BCUT2D eigenvalue weighted by Gasteiger charge is 2.32. The first-order valence-corrected chi connectivity index (χ1v) is 10.3. The number of esters is 1. The fourth-order valence-corrected chi connectivity index (χ4v) is 4.26. The fourth-order valence-electron chi connectivity index (χ4n) is 2.67. The van der Waals surface area contributed by atoms with Gasteiger partial charge < -0.3 is 9.47 Å². The van der Waals surface area contributed by atoms with Crippen molar-refractivity contribution in [2.45, 2.75) is 51.7 Å². The summed E-state index contributed by atoms with van der Waals surface area (Å²) in [5.41, 5.74) is -0.399. The fraction of sp³-hybridized carbons (Fsp3) is 0.579. The molecule has 0 N–H and O–H groups in total. The monoisotopic (exact) mass is 397 g/mol. The number of morpholine rings is 1. The summed E-state index contributed by atoms with van der Waals surface area (Å²) < 4.78 is 37.6. The van der Waals surface area contributed by atoms with Crippen LogP contribution in [-0.2, 0) is 24.3 Å². The maximum Gasteiger partial charge on any atom is 0.338 e. The first kappa shape index (κ1) is 21.5. The molecule has 27 heavy (non-hydrogen) atoms. The van der Waals surface area contributed by atoms with Gasteiger partial charge in [0.25, 0.3) is 0 Å². The number of carbonyl (C=O) groups excluding carboxylic acids is 2. The molecule has 2 rings (SSSR count). The Hall–Kier alpha value is -1.77. The van der Waals surface area contributed by atoms with E-state index in [1.54, 1.807) is 20.8 Å². The first-order valence-electron chi connectivity index (χ1n) is 8.87. The maximum absolute atomic E-state index is 12.8. The predicted octanol–water partition coefficient (Wildman–Crippen LogP) is 2.26. The molecule has 0 aliphatic carbocycles. The van der Waals surface area contributed by atoms with Gasteiger partial charge in [0.2, 0.25) is 10.0 Å². The van der Waals surface area contributed by atoms with Crippen LogP contribution in [0.1, 0.15) is 45.0 Å². The number of hydrogen-bond donors (Lipinski definition) is 0. The van der Waals surface area contributed by atoms with Crippen molar-refractivity contribution in [1.29, 1.82) is 0 Å². The van der Waals surface area contributed by atoms with Crippen LogP contribution in [0, 0.1) is 5.41 Å². The molecule has 8 heteroatoms. The second-order valence-electron chi connectivity index (χ2n) is 7.85. The van der Waals surface area contributed by atoms with Crippen molar-refractivity contribution in [2.75, 3.05) is 19.7 Å². The van der Waals surface area contributed by atoms with Crippen LogP contribution < -0.4 is 0 Å². The molecule has 0 saturated carbocycles. The summed E-state index contributed by atoms with van der Waals surface area (Å²) in [6, 6.07) is 5.54. The summed E-state index contributed by atoms with van der Waals surface area (Å²) in [7, 11) is -3.67. The molecule has 1 fully saturated rings. The molecule has 1 aromatic carbocycles. The molecule has 150 valence electrons. The average Bonchev–Trinajstić information content (AvgIpc) is 2.57. The molecule has 1 aromatic rings. The molecule has 1 saturated heterocycles. The second-order valence-corrected chi connectivity index (χ2v) is 9.79. The van der Waals surface area contributed by atoms with Crippen molar-refractivity contribution in [2.24, 2.45) is 5.41 Å². The lowest BCUT2D eigenvalue weighted by atomic mass is 9.91. The molecule has 1 aliphatic heterocycles. The van der Waals surface area contributed by atoms with Crippen LogP contribution in [0.15, 0.2) is 29.2 Å². The minimum atomic E-state index is -3.67. The Labute approximate surface area is 160 Å². The van der Waals surface area contributed by atoms with Gasteiger partial charge in [-0.2, -0.15) is 4.31 Å². The lowest BCUT2D eigenvalue weighted by Gasteiger charge is -2.34. The van der Waals surface area contributed by atoms with Crippen molar-refractivity contribution in [3.8, 4) is 0 Å². The van der Waals surface area contributed by atoms with Gasteiger partial charge in [-0.05, 0) is 38.1 Å². The molecule has 0 unspecified atom stereocenters. The van der Waals surface area contributed by atoms with Gasteiger partial charge in [0.15, 0.2) is 12.4 Å². The van der Waals surface area contributed by atoms with Gasteiger partial charge in [0.1, 0.15) is 0 Å². The van der Waals surface area contributed by atoms with E-state index < -0.39 is 21.4 Å². The van der Waals surface area contributed by atoms with E-state index in [1.165, 1.54) is 28.6 Å². The van der Waals surface area contributed by atoms with Gasteiger partial charge in [0.05, 0.1) is 22.7 Å². The third kappa shape index (κ3) is 5.37. The number of sulfonamides is 1. The first-order chi connectivity index (χ1) is 12.4. The van der Waals surface area contributed by atoms with Crippen LogP contribution in [0.4, 0.5) is 0 Å². The van der Waals surface area contributed by atoms with Crippen LogP contribution in [0.25, 0.3) is 0 Å². The number of carbonyl (C=O) groups is 2. The summed E-state index contributed by atoms with van der Waals surface area (Å²) in [5, 5.41) is 0. The number of rotatable bonds is 5. The SMILES string of the molecule is C[C@@H]1CN(S(=O)(=O)c2ccc(C(=O)OCC(=O)C(C)(C)C)cc2)C[C@H](C)O1. The second kappa shape index (κ2) is 8.08. The Kier molecular flexibility index (Phi) is 6.44. The largest absolute Gasteiger partial charge is 0.454 e. The molecular weight excluding hydrogens is 370 g/mol. The number of Topliss-reactive ketones (excluding diaryl/α,β-unsaturated/α-hetero) is 1. The molecule has 7 nitrogen and oxygen atoms in total. The molecule has 0 aromatic heterocycles. The van der Waals surface area contributed by atoms with E-state index in [2.05, 4.69) is 0 Å². The van der Waals surface area contributed by atoms with Crippen LogP contribution in [0.3, 0.4) is 0 Å². The number of benzene rings is 1. The highest BCUT2D eigenvalue weighted by molar-refractivity contribution is 7.89. The van der Waals surface area contributed by atoms with Crippen LogP contribution in [0.5, 0.6) is 0 Å². The van der Waals surface area contributed by atoms with E-state index in [9.17, 15) is 18.0 Å². The maximum atomic E-state index is 12.8. The zero-order valence-electron chi connectivity index (χ0n) is 16.4. The van der Waals surface area contributed by atoms with E-state index in [0.29, 0.717) is 0 Å². The lowest BCUT2D eigenvalue weighted by Crippen LogP contribution is -2.48. The third-order valence-electron chi connectivity index (χ3n) is 4.28. The summed E-state index contributed by atoms with van der Waals surface area (Å²) >= 11 is 0. The lowest BCUT2D eigenvalue weighted by molar-refractivity contribution is -0.129. The van der Waals surface area contributed by atoms with E-state index >= 15 is 0 Å². The van der Waals surface area contributed by atoms with Crippen molar-refractivity contribution in [1.82, 2.24) is 4.31 Å². The van der Waals surface area contributed by atoms with Crippen LogP contribution >= 0.6 is 0 Å². The van der Waals surface area contributed by atoms with Crippen molar-refractivity contribution >= 4 is 21.8 Å². The molecule has 1 aliphatic rings. The van der Waals surface area contributed by atoms with E-state index in [4.69, 9.17) is 9.47 Å². The highest BCUT2D eigenvalue weighted by atomic mass is 32.2. The highest BCUT2D eigenvalue weighted by Crippen LogP contribution is 2.22. The minimum absolute atomic E-state index is 0.103. The zero-order chi connectivity index (χ0) is 20.4. The average molecular weight is 397 g/mol. The Morgan fingerprint density at radius 1 is 1.11 bits per heavy atom. The van der Waals surface area contributed by atoms with Gasteiger partial charge in [-0.25, -0.2) is 13.2 Å². The Balaban J connectivity index is 2.08. The van der Waals surface area contributed by atoms with Crippen molar-refractivity contribution in [3.05, 3.63) is 29.8 Å². The number of hydrogen-bond acceptors (Lipinski definition) is 6. The van der Waals surface area contributed by atoms with Crippen LogP contribution in [-0.4, -0.2) is 56.4 Å². The molecular formula is C19H27NO6S. The molecule has 0 bridgehead atoms. The van der Waals surface area contributed by atoms with Gasteiger partial charge >= 0.3 is 5.97 Å². The molecule has 0 spiro atoms. The standard InChI is InChI=1S/C19H27NO6S/c1-13-10-20(11-14(2)26-13)27(23,24)16-8-6-15(7-9-16)18(22)25-12-17(21)19(3,4)5/h6-9,13-14H,10-12H2,1-5H3/t13-,14+. The molecule has 0 amide bonds. The summed E-state index contributed by atoms with van der Waals surface area (Å²) in [5.74, 6) is -0.851. The smallest absolute Gasteiger partial charge is 0.338 e. The molecule has 2 atom stereocenters. The van der Waals surface area contributed by atoms with E-state index in [0.717, 1.165) is 0 Å². The van der Waals surface area contributed by atoms with E-state index in [1.807, 2.05) is 13.8 Å². The van der Waals surface area contributed by atoms with Crippen molar-refractivity contribution in [3.63, 3.8) is 0 Å². The Morgan fingerprint density at radius 2 is 1.63 bits per heavy atom. The van der Waals surface area contributed by atoms with Crippen molar-refractivity contribution < 1.29 is 27.5 Å². The molecule has 1 heterocycles. The third-order valence-corrected chi connectivity index (χ3v) is 6.13. The summed E-state index contributed by atoms with van der Waals surface area (Å²) in [6.45, 7) is 9.15. The van der Waals surface area contributed by atoms with E-state index in [-0.39, 0.29) is 48.1 Å². The van der Waals surface area contributed by atoms with Gasteiger partial charge in [-0.1, -0.05) is 20.8 Å². The zero-order valence-corrected chi connectivity index (χ0v) is 17.2. The van der Waals surface area contributed by atoms with Gasteiger partial charge in [0, 0.05) is 18.5 Å². The van der Waals surface area contributed by atoms with Gasteiger partial charge in [-0.15, -0.1) is 0 Å². The Bertz CT molecular complexity index is 784. The normalized spacial score (nSPS) is 21.7. The Morgan fingerprint density at radius 3 is 2.11 bits per heavy atom. The van der Waals surface area contributed by atoms with Gasteiger partial charge in [-0.3, -0.25) is 4.79 Å². The topological polar surface area (TPSA) is 90.0 Å². The number of ketones is 1. The predicted molar refractivity (Wildman–Crippen MR) is 100.0 cm³/mol. The number of ether oxygens (including phenoxy) is 2. The molecule has 0 radical (unpaired) electrons. The minimum Gasteiger partial charge on any atom is -0.454 e. The number of nitrogens with zero attached hydrogens (tertiary/aromatic N) is 1. The van der Waals surface area contributed by atoms with Crippen LogP contribution in [0.2, 0.25) is 0 Å². The summed E-state index contributed by atoms with van der Waals surface area (Å²) in [4.78, 5) is 24.0. The quantitative estimate of drug-likeness (QED) is 0.708.